The van der Waals surface area contributed by atoms with E-state index in [0.717, 1.165) is 52.3 Å². The van der Waals surface area contributed by atoms with Gasteiger partial charge in [0, 0.05) is 74.1 Å². The van der Waals surface area contributed by atoms with E-state index in [1.807, 2.05) is 48.3 Å². The van der Waals surface area contributed by atoms with Gasteiger partial charge in [0.25, 0.3) is 0 Å². The monoisotopic (exact) mass is 429 g/mol. The normalized spacial score (nSPS) is 14.7. The van der Waals surface area contributed by atoms with Gasteiger partial charge in [-0.15, -0.1) is 0 Å². The Balaban J connectivity index is 1.61. The Kier molecular flexibility index (Phi) is 4.98. The van der Waals surface area contributed by atoms with Gasteiger partial charge >= 0.3 is 0 Å². The zero-order valence-corrected chi connectivity index (χ0v) is 18.5. The summed E-state index contributed by atoms with van der Waals surface area (Å²) in [7, 11) is 1.98. The maximum absolute atomic E-state index is 10.6. The molecule has 0 amide bonds. The van der Waals surface area contributed by atoms with Crippen molar-refractivity contribution in [2.75, 3.05) is 18.0 Å². The number of aromatic hydroxyl groups is 2. The third-order valence-corrected chi connectivity index (χ3v) is 6.15. The first-order valence-electron chi connectivity index (χ1n) is 10.8. The minimum absolute atomic E-state index is 0.0520. The van der Waals surface area contributed by atoms with E-state index in [4.69, 9.17) is 4.98 Å². The van der Waals surface area contributed by atoms with Gasteiger partial charge in [-0.05, 0) is 38.1 Å². The predicted octanol–water partition coefficient (Wildman–Crippen LogP) is 4.41. The molecule has 7 heteroatoms. The first-order valence-corrected chi connectivity index (χ1v) is 10.8. The topological polar surface area (TPSA) is 77.7 Å². The number of anilines is 2. The van der Waals surface area contributed by atoms with E-state index in [2.05, 4.69) is 28.6 Å². The van der Waals surface area contributed by atoms with Gasteiger partial charge in [0.15, 0.2) is 0 Å². The van der Waals surface area contributed by atoms with Gasteiger partial charge < -0.3 is 19.7 Å². The van der Waals surface area contributed by atoms with Crippen LogP contribution in [0.5, 0.6) is 11.5 Å². The summed E-state index contributed by atoms with van der Waals surface area (Å²) in [4.78, 5) is 13.9. The van der Waals surface area contributed by atoms with E-state index < -0.39 is 0 Å². The molecule has 2 aromatic carbocycles. The summed E-state index contributed by atoms with van der Waals surface area (Å²) in [5.74, 6) is 0.167. The Bertz CT molecular complexity index is 1300. The Hall–Kier alpha value is -3.58. The van der Waals surface area contributed by atoms with Crippen LogP contribution in [0, 0.1) is 0 Å². The van der Waals surface area contributed by atoms with Crippen molar-refractivity contribution in [3.05, 3.63) is 60.6 Å². The molecule has 0 atom stereocenters. The molecule has 0 saturated carbocycles. The number of benzene rings is 2. The smallest absolute Gasteiger partial charge is 0.125 e. The lowest BCUT2D eigenvalue weighted by Crippen LogP contribution is -2.34. The second-order valence-electron chi connectivity index (χ2n) is 8.67. The number of aryl methyl sites for hydroxylation is 1. The Morgan fingerprint density at radius 3 is 2.59 bits per heavy atom. The molecule has 2 aromatic heterocycles. The molecule has 4 aromatic rings. The summed E-state index contributed by atoms with van der Waals surface area (Å²) in [6.07, 6.45) is 5.82. The highest BCUT2D eigenvalue weighted by Crippen LogP contribution is 2.40. The van der Waals surface area contributed by atoms with Crippen LogP contribution in [-0.2, 0) is 13.6 Å². The largest absolute Gasteiger partial charge is 0.508 e. The molecular formula is C25H27N5O2. The lowest BCUT2D eigenvalue weighted by molar-refractivity contribution is 0.221. The summed E-state index contributed by atoms with van der Waals surface area (Å²) in [5, 5.41) is 20.8. The molecule has 164 valence electrons. The van der Waals surface area contributed by atoms with Crippen molar-refractivity contribution in [1.82, 2.24) is 19.4 Å². The fourth-order valence-electron chi connectivity index (χ4n) is 4.33. The van der Waals surface area contributed by atoms with Gasteiger partial charge in [-0.1, -0.05) is 0 Å². The maximum Gasteiger partial charge on any atom is 0.125 e. The molecule has 0 radical (unpaired) electrons. The average Bonchev–Trinajstić information content (AvgIpc) is 3.10. The number of aromatic nitrogens is 3. The third kappa shape index (κ3) is 3.65. The molecule has 7 nitrogen and oxygen atoms in total. The summed E-state index contributed by atoms with van der Waals surface area (Å²) in [6, 6.07) is 11.5. The molecule has 1 aliphatic rings. The van der Waals surface area contributed by atoms with Crippen molar-refractivity contribution < 1.29 is 10.2 Å². The lowest BCUT2D eigenvalue weighted by Gasteiger charge is -2.26. The molecule has 1 aliphatic heterocycles. The molecule has 0 unspecified atom stereocenters. The quantitative estimate of drug-likeness (QED) is 0.502. The van der Waals surface area contributed by atoms with E-state index in [9.17, 15) is 10.2 Å². The zero-order chi connectivity index (χ0) is 22.4. The molecular weight excluding hydrogens is 402 g/mol. The lowest BCUT2D eigenvalue weighted by atomic mass is 10.1. The van der Waals surface area contributed by atoms with E-state index in [-0.39, 0.29) is 11.5 Å². The number of phenolic OH excluding ortho intramolecular Hbond substituents is 2. The maximum atomic E-state index is 10.6. The SMILES string of the molecule is CC(C)N1CCN(c2ccc3ncc(-c4ccn(C)c4)nc3c2)c2cc(O)cc(O)c2C1. The Morgan fingerprint density at radius 2 is 1.84 bits per heavy atom. The predicted molar refractivity (Wildman–Crippen MR) is 126 cm³/mol. The van der Waals surface area contributed by atoms with Crippen molar-refractivity contribution in [2.45, 2.75) is 26.4 Å². The highest BCUT2D eigenvalue weighted by atomic mass is 16.3. The van der Waals surface area contributed by atoms with E-state index in [1.54, 1.807) is 12.3 Å². The third-order valence-electron chi connectivity index (χ3n) is 6.15. The molecule has 3 heterocycles. The van der Waals surface area contributed by atoms with Crippen LogP contribution in [0.15, 0.2) is 55.0 Å². The van der Waals surface area contributed by atoms with E-state index >= 15 is 0 Å². The van der Waals surface area contributed by atoms with Crippen molar-refractivity contribution in [2.24, 2.45) is 7.05 Å². The Morgan fingerprint density at radius 1 is 1.00 bits per heavy atom. The van der Waals surface area contributed by atoms with Gasteiger partial charge in [-0.2, -0.15) is 0 Å². The second-order valence-corrected chi connectivity index (χ2v) is 8.67. The Labute approximate surface area is 187 Å². The number of nitrogens with zero attached hydrogens (tertiary/aromatic N) is 5. The summed E-state index contributed by atoms with van der Waals surface area (Å²) < 4.78 is 1.99. The molecule has 0 spiro atoms. The van der Waals surface area contributed by atoms with Crippen LogP contribution < -0.4 is 4.90 Å². The number of hydrogen-bond donors (Lipinski definition) is 2. The molecule has 0 saturated heterocycles. The van der Waals surface area contributed by atoms with E-state index in [0.29, 0.717) is 12.6 Å². The molecule has 2 N–H and O–H groups in total. The zero-order valence-electron chi connectivity index (χ0n) is 18.5. The van der Waals surface area contributed by atoms with Crippen molar-refractivity contribution in [3.63, 3.8) is 0 Å². The molecule has 0 fully saturated rings. The highest BCUT2D eigenvalue weighted by Gasteiger charge is 2.25. The van der Waals surface area contributed by atoms with Gasteiger partial charge in [0.05, 0.1) is 28.6 Å². The first-order chi connectivity index (χ1) is 15.4. The van der Waals surface area contributed by atoms with Crippen LogP contribution in [0.2, 0.25) is 0 Å². The van der Waals surface area contributed by atoms with E-state index in [1.165, 1.54) is 6.07 Å². The van der Waals surface area contributed by atoms with Gasteiger partial charge in [-0.25, -0.2) is 4.98 Å². The van der Waals surface area contributed by atoms with Crippen LogP contribution in [-0.4, -0.2) is 48.8 Å². The van der Waals surface area contributed by atoms with Crippen LogP contribution in [0.4, 0.5) is 11.4 Å². The van der Waals surface area contributed by atoms with Gasteiger partial charge in [-0.3, -0.25) is 9.88 Å². The molecule has 0 bridgehead atoms. The summed E-state index contributed by atoms with van der Waals surface area (Å²) >= 11 is 0. The fraction of sp³-hybridized carbons (Fsp3) is 0.280. The number of phenols is 2. The van der Waals surface area contributed by atoms with Crippen LogP contribution in [0.1, 0.15) is 19.4 Å². The van der Waals surface area contributed by atoms with Gasteiger partial charge in [0.2, 0.25) is 0 Å². The van der Waals surface area contributed by atoms with Crippen molar-refractivity contribution in [3.8, 4) is 22.8 Å². The van der Waals surface area contributed by atoms with Crippen molar-refractivity contribution in [1.29, 1.82) is 0 Å². The fourth-order valence-corrected chi connectivity index (χ4v) is 4.33. The first kappa shape index (κ1) is 20.3. The molecule has 0 aliphatic carbocycles. The minimum atomic E-state index is 0.0520. The summed E-state index contributed by atoms with van der Waals surface area (Å²) in [5.41, 5.74) is 6.07. The average molecular weight is 430 g/mol. The number of fused-ring (bicyclic) bond motifs is 2. The van der Waals surface area contributed by atoms with Gasteiger partial charge in [0.1, 0.15) is 11.5 Å². The number of hydrogen-bond acceptors (Lipinski definition) is 6. The van der Waals surface area contributed by atoms with Crippen LogP contribution in [0.25, 0.3) is 22.3 Å². The highest BCUT2D eigenvalue weighted by molar-refractivity contribution is 5.83. The molecule has 32 heavy (non-hydrogen) atoms. The standard InChI is InChI=1S/C25H27N5O2/c1-16(2)29-8-9-30(24-11-19(31)12-25(32)20(24)15-29)18-4-5-21-22(10-18)27-23(13-26-21)17-6-7-28(3)14-17/h4-7,10-14,16,31-32H,8-9,15H2,1-3H3. The molecule has 5 rings (SSSR count). The minimum Gasteiger partial charge on any atom is -0.508 e. The summed E-state index contributed by atoms with van der Waals surface area (Å²) in [6.45, 7) is 6.50. The number of rotatable bonds is 3. The van der Waals surface area contributed by atoms with Crippen molar-refractivity contribution >= 4 is 22.4 Å². The second kappa shape index (κ2) is 7.84. The van der Waals surface area contributed by atoms with Crippen LogP contribution >= 0.6 is 0 Å². The van der Waals surface area contributed by atoms with Crippen LogP contribution in [0.3, 0.4) is 0 Å².